The van der Waals surface area contributed by atoms with E-state index in [0.717, 1.165) is 9.90 Å². The maximum Gasteiger partial charge on any atom is 0.150 e. The molecule has 0 aliphatic rings. The summed E-state index contributed by atoms with van der Waals surface area (Å²) < 4.78 is 14.1. The first-order valence-corrected chi connectivity index (χ1v) is 7.06. The number of hydrogen-bond acceptors (Lipinski definition) is 4. The van der Waals surface area contributed by atoms with Crippen molar-refractivity contribution >= 4 is 23.1 Å². The number of halogens is 1. The van der Waals surface area contributed by atoms with E-state index < -0.39 is 0 Å². The number of hydrogen-bond donors (Lipinski definition) is 1. The zero-order valence-corrected chi connectivity index (χ0v) is 11.0. The molecule has 0 aliphatic carbocycles. The molecule has 1 aromatic heterocycles. The molecule has 2 rings (SSSR count). The predicted molar refractivity (Wildman–Crippen MR) is 72.0 cm³/mol. The van der Waals surface area contributed by atoms with Crippen LogP contribution in [0, 0.1) is 17.7 Å². The van der Waals surface area contributed by atoms with Gasteiger partial charge in [0.25, 0.3) is 0 Å². The Morgan fingerprint density at radius 3 is 3.06 bits per heavy atom. The highest BCUT2D eigenvalue weighted by atomic mass is 32.2. The number of nitrogens with zero attached hydrogens (tertiary/aromatic N) is 1. The number of aliphatic hydroxyl groups excluding tert-OH is 1. The van der Waals surface area contributed by atoms with E-state index >= 15 is 0 Å². The molecule has 5 heteroatoms. The number of rotatable bonds is 3. The summed E-state index contributed by atoms with van der Waals surface area (Å²) >= 11 is 3.16. The first kappa shape index (κ1) is 13.1. The Hall–Kier alpha value is -1.35. The lowest BCUT2D eigenvalue weighted by Crippen LogP contribution is -1.90. The molecule has 0 radical (unpaired) electrons. The van der Waals surface area contributed by atoms with Crippen LogP contribution in [0.15, 0.2) is 34.1 Å². The molecule has 0 unspecified atom stereocenters. The molecule has 1 N–H and O–H groups in total. The van der Waals surface area contributed by atoms with Crippen molar-refractivity contribution < 1.29 is 9.50 Å². The number of benzene rings is 1. The van der Waals surface area contributed by atoms with Crippen LogP contribution >= 0.6 is 23.1 Å². The van der Waals surface area contributed by atoms with Crippen molar-refractivity contribution in [3.8, 4) is 11.8 Å². The summed E-state index contributed by atoms with van der Waals surface area (Å²) in [5.41, 5.74) is 1.56. The van der Waals surface area contributed by atoms with Gasteiger partial charge in [-0.15, -0.1) is 11.3 Å². The summed E-state index contributed by atoms with van der Waals surface area (Å²) in [6.07, 6.45) is 1.75. The summed E-state index contributed by atoms with van der Waals surface area (Å²) in [5.74, 6) is 5.67. The molecule has 0 spiro atoms. The van der Waals surface area contributed by atoms with Crippen molar-refractivity contribution in [2.45, 2.75) is 10.1 Å². The number of aliphatic hydroxyl groups is 1. The zero-order valence-electron chi connectivity index (χ0n) is 9.39. The Bertz CT molecular complexity index is 572. The maximum absolute atomic E-state index is 13.1. The molecule has 18 heavy (non-hydrogen) atoms. The number of aromatic nitrogens is 1. The van der Waals surface area contributed by atoms with Gasteiger partial charge in [0.15, 0.2) is 0 Å². The van der Waals surface area contributed by atoms with Gasteiger partial charge in [-0.25, -0.2) is 9.37 Å². The van der Waals surface area contributed by atoms with Gasteiger partial charge in [-0.1, -0.05) is 29.7 Å². The molecule has 1 heterocycles. The smallest absolute Gasteiger partial charge is 0.150 e. The Kier molecular flexibility index (Phi) is 4.76. The van der Waals surface area contributed by atoms with Crippen LogP contribution in [-0.2, 0) is 5.75 Å². The van der Waals surface area contributed by atoms with Crippen LogP contribution in [0.4, 0.5) is 4.39 Å². The Balaban J connectivity index is 2.16. The lowest BCUT2D eigenvalue weighted by molar-refractivity contribution is 0.350. The molecule has 1 aromatic carbocycles. The molecule has 0 saturated heterocycles. The van der Waals surface area contributed by atoms with Crippen molar-refractivity contribution in [1.29, 1.82) is 0 Å². The van der Waals surface area contributed by atoms with Crippen LogP contribution in [0.25, 0.3) is 0 Å². The second kappa shape index (κ2) is 6.55. The monoisotopic (exact) mass is 279 g/mol. The van der Waals surface area contributed by atoms with Gasteiger partial charge in [0.05, 0.1) is 0 Å². The molecular formula is C13H10FNOS2. The average Bonchev–Trinajstić information content (AvgIpc) is 2.88. The fourth-order valence-corrected chi connectivity index (χ4v) is 2.99. The minimum atomic E-state index is -0.319. The van der Waals surface area contributed by atoms with E-state index in [1.165, 1.54) is 12.1 Å². The normalized spacial score (nSPS) is 9.89. The summed E-state index contributed by atoms with van der Waals surface area (Å²) in [7, 11) is 0. The van der Waals surface area contributed by atoms with Crippen LogP contribution < -0.4 is 0 Å². The summed E-state index contributed by atoms with van der Waals surface area (Å²) in [6, 6.07) is 4.53. The van der Waals surface area contributed by atoms with Crippen LogP contribution in [0.3, 0.4) is 0 Å². The van der Waals surface area contributed by atoms with Gasteiger partial charge in [-0.2, -0.15) is 0 Å². The lowest BCUT2D eigenvalue weighted by atomic mass is 10.1. The van der Waals surface area contributed by atoms with Crippen molar-refractivity contribution in [3.05, 3.63) is 46.7 Å². The first-order valence-electron chi connectivity index (χ1n) is 5.20. The van der Waals surface area contributed by atoms with E-state index in [2.05, 4.69) is 16.8 Å². The van der Waals surface area contributed by atoms with Gasteiger partial charge < -0.3 is 5.11 Å². The SMILES string of the molecule is OCC#Cc1cc(F)ccc1CSc1nccs1. The molecular weight excluding hydrogens is 269 g/mol. The zero-order chi connectivity index (χ0) is 12.8. The van der Waals surface area contributed by atoms with Gasteiger partial charge >= 0.3 is 0 Å². The quantitative estimate of drug-likeness (QED) is 0.693. The third-order valence-corrected chi connectivity index (χ3v) is 4.15. The van der Waals surface area contributed by atoms with E-state index in [-0.39, 0.29) is 12.4 Å². The highest BCUT2D eigenvalue weighted by molar-refractivity contribution is 8.00. The highest BCUT2D eigenvalue weighted by Crippen LogP contribution is 2.26. The predicted octanol–water partition coefficient (Wildman–Crippen LogP) is 2.92. The Morgan fingerprint density at radius 2 is 2.33 bits per heavy atom. The van der Waals surface area contributed by atoms with Crippen molar-refractivity contribution in [3.63, 3.8) is 0 Å². The second-order valence-corrected chi connectivity index (χ2v) is 5.47. The number of thioether (sulfide) groups is 1. The molecule has 0 fully saturated rings. The van der Waals surface area contributed by atoms with E-state index in [1.54, 1.807) is 35.4 Å². The molecule has 2 aromatic rings. The minimum absolute atomic E-state index is 0.227. The fraction of sp³-hybridized carbons (Fsp3) is 0.154. The van der Waals surface area contributed by atoms with Crippen molar-refractivity contribution in [1.82, 2.24) is 4.98 Å². The van der Waals surface area contributed by atoms with E-state index in [0.29, 0.717) is 11.3 Å². The second-order valence-electron chi connectivity index (χ2n) is 3.35. The number of thiazole rings is 1. The van der Waals surface area contributed by atoms with E-state index in [9.17, 15) is 4.39 Å². The largest absolute Gasteiger partial charge is 0.384 e. The first-order chi connectivity index (χ1) is 8.79. The molecule has 92 valence electrons. The Morgan fingerprint density at radius 1 is 1.44 bits per heavy atom. The topological polar surface area (TPSA) is 33.1 Å². The summed E-state index contributed by atoms with van der Waals surface area (Å²) in [6.45, 7) is -0.227. The van der Waals surface area contributed by atoms with Crippen molar-refractivity contribution in [2.24, 2.45) is 0 Å². The maximum atomic E-state index is 13.1. The van der Waals surface area contributed by atoms with Gasteiger partial charge in [-0.3, -0.25) is 0 Å². The van der Waals surface area contributed by atoms with Crippen LogP contribution in [-0.4, -0.2) is 16.7 Å². The molecule has 0 amide bonds. The highest BCUT2D eigenvalue weighted by Gasteiger charge is 2.04. The standard InChI is InChI=1S/C13H10FNOS2/c14-12-4-3-11(10(8-12)2-1-6-16)9-18-13-15-5-7-17-13/h3-5,7-8,16H,6,9H2. The molecule has 0 aliphatic heterocycles. The van der Waals surface area contributed by atoms with E-state index in [4.69, 9.17) is 5.11 Å². The molecule has 0 saturated carbocycles. The van der Waals surface area contributed by atoms with Crippen molar-refractivity contribution in [2.75, 3.05) is 6.61 Å². The van der Waals surface area contributed by atoms with Crippen LogP contribution in [0.5, 0.6) is 0 Å². The minimum Gasteiger partial charge on any atom is -0.384 e. The lowest BCUT2D eigenvalue weighted by Gasteiger charge is -2.03. The van der Waals surface area contributed by atoms with Gasteiger partial charge in [0.1, 0.15) is 16.8 Å². The van der Waals surface area contributed by atoms with Gasteiger partial charge in [-0.05, 0) is 17.7 Å². The van der Waals surface area contributed by atoms with E-state index in [1.807, 2.05) is 5.38 Å². The molecule has 2 nitrogen and oxygen atoms in total. The summed E-state index contributed by atoms with van der Waals surface area (Å²) in [5, 5.41) is 10.6. The van der Waals surface area contributed by atoms with Crippen LogP contribution in [0.2, 0.25) is 0 Å². The third-order valence-electron chi connectivity index (χ3n) is 2.13. The third kappa shape index (κ3) is 3.57. The summed E-state index contributed by atoms with van der Waals surface area (Å²) in [4.78, 5) is 4.17. The average molecular weight is 279 g/mol. The van der Waals surface area contributed by atoms with Gasteiger partial charge in [0.2, 0.25) is 0 Å². The molecule has 0 bridgehead atoms. The Labute approximate surface area is 113 Å². The molecule has 0 atom stereocenters. The van der Waals surface area contributed by atoms with Gasteiger partial charge in [0, 0.05) is 22.9 Å². The fourth-order valence-electron chi connectivity index (χ4n) is 1.35. The van der Waals surface area contributed by atoms with Crippen LogP contribution in [0.1, 0.15) is 11.1 Å².